The molecular formula is C18H23FN4O2. The Morgan fingerprint density at radius 3 is 3.04 bits per heavy atom. The van der Waals surface area contributed by atoms with Gasteiger partial charge in [0.15, 0.2) is 0 Å². The van der Waals surface area contributed by atoms with E-state index in [1.54, 1.807) is 12.1 Å². The number of hydrogen-bond acceptors (Lipinski definition) is 3. The van der Waals surface area contributed by atoms with Gasteiger partial charge in [-0.1, -0.05) is 19.1 Å². The highest BCUT2D eigenvalue weighted by Crippen LogP contribution is 2.21. The number of rotatable bonds is 6. The van der Waals surface area contributed by atoms with Crippen molar-refractivity contribution in [1.82, 2.24) is 15.1 Å². The topological polar surface area (TPSA) is 68.2 Å². The van der Waals surface area contributed by atoms with Crippen LogP contribution in [0.5, 0.6) is 0 Å². The number of nitrogens with one attached hydrogen (secondary N) is 2. The minimum atomic E-state index is -0.456. The third-order valence-corrected chi connectivity index (χ3v) is 4.18. The Kier molecular flexibility index (Phi) is 5.65. The predicted molar refractivity (Wildman–Crippen MR) is 93.0 cm³/mol. The van der Waals surface area contributed by atoms with Crippen LogP contribution >= 0.6 is 0 Å². The second-order valence-corrected chi connectivity index (χ2v) is 6.01. The van der Waals surface area contributed by atoms with E-state index < -0.39 is 11.8 Å². The van der Waals surface area contributed by atoms with Crippen molar-refractivity contribution >= 4 is 11.7 Å². The number of ether oxygens (including phenoxy) is 1. The van der Waals surface area contributed by atoms with Gasteiger partial charge in [0, 0.05) is 37.2 Å². The molecule has 0 atom stereocenters. The van der Waals surface area contributed by atoms with Crippen molar-refractivity contribution in [3.63, 3.8) is 0 Å². The van der Waals surface area contributed by atoms with Gasteiger partial charge in [-0.05, 0) is 18.6 Å². The average molecular weight is 346 g/mol. The highest BCUT2D eigenvalue weighted by atomic mass is 19.1. The van der Waals surface area contributed by atoms with Crippen LogP contribution in [0.1, 0.15) is 30.3 Å². The van der Waals surface area contributed by atoms with E-state index >= 15 is 0 Å². The number of fused-ring (bicyclic) bond motifs is 1. The normalized spacial score (nSPS) is 13.4. The first-order valence-corrected chi connectivity index (χ1v) is 8.63. The standard InChI is InChI=1S/C18H23FN4O2/c1-2-10-23-17-8-11-25-12-13(17)15(22-23)7-9-20-18(24)21-16-6-4-3-5-14(16)19/h3-6H,2,7-12H2,1H3,(H2,20,21,24). The molecule has 0 saturated heterocycles. The Bertz CT molecular complexity index is 745. The molecule has 0 radical (unpaired) electrons. The van der Waals surface area contributed by atoms with E-state index in [-0.39, 0.29) is 5.69 Å². The Balaban J connectivity index is 1.57. The van der Waals surface area contributed by atoms with Gasteiger partial charge in [-0.3, -0.25) is 4.68 Å². The monoisotopic (exact) mass is 346 g/mol. The summed E-state index contributed by atoms with van der Waals surface area (Å²) in [4.78, 5) is 11.9. The Hall–Kier alpha value is -2.41. The lowest BCUT2D eigenvalue weighted by atomic mass is 10.1. The number of para-hydroxylation sites is 1. The zero-order chi connectivity index (χ0) is 17.6. The summed E-state index contributed by atoms with van der Waals surface area (Å²) in [5, 5.41) is 9.94. The van der Waals surface area contributed by atoms with Gasteiger partial charge in [0.05, 0.1) is 24.6 Å². The van der Waals surface area contributed by atoms with Crippen molar-refractivity contribution in [2.45, 2.75) is 39.3 Å². The number of carbonyl (C=O) groups excluding carboxylic acids is 1. The summed E-state index contributed by atoms with van der Waals surface area (Å²) in [6.07, 6.45) is 2.52. The lowest BCUT2D eigenvalue weighted by Gasteiger charge is -2.15. The number of carbonyl (C=O) groups is 1. The largest absolute Gasteiger partial charge is 0.376 e. The molecule has 6 nitrogen and oxygen atoms in total. The second kappa shape index (κ2) is 8.11. The smallest absolute Gasteiger partial charge is 0.319 e. The van der Waals surface area contributed by atoms with Crippen molar-refractivity contribution in [1.29, 1.82) is 0 Å². The Labute approximate surface area is 146 Å². The average Bonchev–Trinajstić information content (AvgIpc) is 2.96. The van der Waals surface area contributed by atoms with Crippen molar-refractivity contribution in [2.75, 3.05) is 18.5 Å². The molecule has 0 spiro atoms. The molecule has 0 unspecified atom stereocenters. The molecule has 25 heavy (non-hydrogen) atoms. The summed E-state index contributed by atoms with van der Waals surface area (Å²) in [6.45, 7) is 4.75. The summed E-state index contributed by atoms with van der Waals surface area (Å²) in [6, 6.07) is 5.65. The summed E-state index contributed by atoms with van der Waals surface area (Å²) >= 11 is 0. The quantitative estimate of drug-likeness (QED) is 0.845. The number of urea groups is 1. The Morgan fingerprint density at radius 1 is 1.40 bits per heavy atom. The van der Waals surface area contributed by atoms with Crippen LogP contribution in [-0.2, 0) is 30.7 Å². The zero-order valence-corrected chi connectivity index (χ0v) is 14.3. The highest BCUT2D eigenvalue weighted by molar-refractivity contribution is 5.89. The lowest BCUT2D eigenvalue weighted by molar-refractivity contribution is 0.108. The molecule has 2 N–H and O–H groups in total. The van der Waals surface area contributed by atoms with Gasteiger partial charge in [0.25, 0.3) is 0 Å². The van der Waals surface area contributed by atoms with Gasteiger partial charge in [-0.15, -0.1) is 0 Å². The molecule has 134 valence electrons. The highest BCUT2D eigenvalue weighted by Gasteiger charge is 2.20. The van der Waals surface area contributed by atoms with Crippen LogP contribution < -0.4 is 10.6 Å². The Morgan fingerprint density at radius 2 is 2.24 bits per heavy atom. The molecule has 2 aromatic rings. The molecule has 1 aliphatic rings. The first kappa shape index (κ1) is 17.4. The molecule has 0 aliphatic carbocycles. The fourth-order valence-corrected chi connectivity index (χ4v) is 3.00. The van der Waals surface area contributed by atoms with Crippen molar-refractivity contribution in [2.24, 2.45) is 0 Å². The van der Waals surface area contributed by atoms with E-state index in [0.29, 0.717) is 19.6 Å². The van der Waals surface area contributed by atoms with Gasteiger partial charge < -0.3 is 15.4 Å². The van der Waals surface area contributed by atoms with E-state index in [4.69, 9.17) is 4.74 Å². The number of aryl methyl sites for hydroxylation is 1. The molecule has 7 heteroatoms. The SMILES string of the molecule is CCCn1nc(CCNC(=O)Nc2ccccc2F)c2c1CCOC2. The predicted octanol–water partition coefficient (Wildman–Crippen LogP) is 2.87. The molecule has 3 rings (SSSR count). The molecule has 0 bridgehead atoms. The maximum Gasteiger partial charge on any atom is 0.319 e. The maximum absolute atomic E-state index is 13.5. The molecule has 1 aliphatic heterocycles. The second-order valence-electron chi connectivity index (χ2n) is 6.01. The van der Waals surface area contributed by atoms with E-state index in [9.17, 15) is 9.18 Å². The molecule has 1 aromatic heterocycles. The van der Waals surface area contributed by atoms with Crippen LogP contribution in [0.2, 0.25) is 0 Å². The van der Waals surface area contributed by atoms with Gasteiger partial charge in [-0.2, -0.15) is 5.10 Å². The number of aromatic nitrogens is 2. The van der Waals surface area contributed by atoms with Gasteiger partial charge >= 0.3 is 6.03 Å². The third-order valence-electron chi connectivity index (χ3n) is 4.18. The first-order valence-electron chi connectivity index (χ1n) is 8.63. The number of benzene rings is 1. The molecular weight excluding hydrogens is 323 g/mol. The molecule has 0 fully saturated rings. The van der Waals surface area contributed by atoms with Gasteiger partial charge in [-0.25, -0.2) is 9.18 Å². The van der Waals surface area contributed by atoms with Crippen LogP contribution in [0.3, 0.4) is 0 Å². The van der Waals surface area contributed by atoms with Crippen LogP contribution in [0.4, 0.5) is 14.9 Å². The van der Waals surface area contributed by atoms with Crippen LogP contribution in [0.15, 0.2) is 24.3 Å². The minimum absolute atomic E-state index is 0.165. The fraction of sp³-hybridized carbons (Fsp3) is 0.444. The number of anilines is 1. The first-order chi connectivity index (χ1) is 12.2. The van der Waals surface area contributed by atoms with Crippen LogP contribution in [0, 0.1) is 5.82 Å². The maximum atomic E-state index is 13.5. The van der Waals surface area contributed by atoms with Crippen LogP contribution in [0.25, 0.3) is 0 Å². The van der Waals surface area contributed by atoms with E-state index in [0.717, 1.165) is 37.3 Å². The molecule has 1 aromatic carbocycles. The summed E-state index contributed by atoms with van der Waals surface area (Å²) in [5.41, 5.74) is 3.53. The van der Waals surface area contributed by atoms with E-state index in [1.807, 2.05) is 0 Å². The zero-order valence-electron chi connectivity index (χ0n) is 14.3. The molecule has 2 amide bonds. The third kappa shape index (κ3) is 4.17. The molecule has 0 saturated carbocycles. The minimum Gasteiger partial charge on any atom is -0.376 e. The molecule has 2 heterocycles. The summed E-state index contributed by atoms with van der Waals surface area (Å²) in [5.74, 6) is -0.456. The lowest BCUT2D eigenvalue weighted by Crippen LogP contribution is -2.31. The van der Waals surface area contributed by atoms with E-state index in [2.05, 4.69) is 27.3 Å². The van der Waals surface area contributed by atoms with Crippen molar-refractivity contribution in [3.8, 4) is 0 Å². The summed E-state index contributed by atoms with van der Waals surface area (Å²) in [7, 11) is 0. The number of nitrogens with zero attached hydrogens (tertiary/aromatic N) is 2. The van der Waals surface area contributed by atoms with Crippen LogP contribution in [-0.4, -0.2) is 29.0 Å². The van der Waals surface area contributed by atoms with Gasteiger partial charge in [0.1, 0.15) is 5.82 Å². The number of amides is 2. The number of hydrogen-bond donors (Lipinski definition) is 2. The van der Waals surface area contributed by atoms with Gasteiger partial charge in [0.2, 0.25) is 0 Å². The summed E-state index contributed by atoms with van der Waals surface area (Å²) < 4.78 is 21.1. The van der Waals surface area contributed by atoms with Crippen molar-refractivity contribution < 1.29 is 13.9 Å². The van der Waals surface area contributed by atoms with E-state index in [1.165, 1.54) is 17.8 Å². The van der Waals surface area contributed by atoms with Crippen molar-refractivity contribution in [3.05, 3.63) is 47.0 Å². The fourth-order valence-electron chi connectivity index (χ4n) is 3.00. The number of halogens is 1.